The molecule has 2 atom stereocenters. The van der Waals surface area contributed by atoms with Crippen LogP contribution >= 0.6 is 24.9 Å². The van der Waals surface area contributed by atoms with E-state index in [0.29, 0.717) is 0 Å². The van der Waals surface area contributed by atoms with E-state index in [2.05, 4.69) is 98.7 Å². The quantitative estimate of drug-likeness (QED) is 0.217. The zero-order valence-corrected chi connectivity index (χ0v) is 25.6. The molecule has 0 aliphatic rings. The van der Waals surface area contributed by atoms with Crippen molar-refractivity contribution in [2.24, 2.45) is 0 Å². The summed E-state index contributed by atoms with van der Waals surface area (Å²) < 4.78 is 0. The van der Waals surface area contributed by atoms with Gasteiger partial charge >= 0.3 is 37.9 Å². The van der Waals surface area contributed by atoms with E-state index < -0.39 is 20.8 Å². The molecule has 0 N–H and O–H groups in total. The van der Waals surface area contributed by atoms with Crippen LogP contribution in [-0.4, -0.2) is 11.3 Å². The van der Waals surface area contributed by atoms with Gasteiger partial charge in [0.1, 0.15) is 0 Å². The molecule has 0 bridgehead atoms. The number of hydrogen-bond acceptors (Lipinski definition) is 0. The van der Waals surface area contributed by atoms with Gasteiger partial charge < -0.3 is 0 Å². The van der Waals surface area contributed by atoms with Crippen molar-refractivity contribution in [2.75, 3.05) is 0 Å². The van der Waals surface area contributed by atoms with Crippen LogP contribution in [0.3, 0.4) is 0 Å². The van der Waals surface area contributed by atoms with Gasteiger partial charge in [-0.25, -0.2) is 0 Å². The van der Waals surface area contributed by atoms with Gasteiger partial charge in [0.2, 0.25) is 0 Å². The summed E-state index contributed by atoms with van der Waals surface area (Å²) in [5.74, 6) is 0. The Labute approximate surface area is 211 Å². The number of rotatable bonds is 5. The van der Waals surface area contributed by atoms with Gasteiger partial charge in [-0.05, 0) is 24.2 Å². The second-order valence-electron chi connectivity index (χ2n) is 8.46. The van der Waals surface area contributed by atoms with Crippen LogP contribution in [0.25, 0.3) is 10.8 Å². The molecule has 0 nitrogen and oxygen atoms in total. The number of benzene rings is 1. The maximum absolute atomic E-state index is 4.93. The standard InChI is InChI=1S/C17H24P.C10H15.2ClH.Zr/c1-5-13(3)18(14(4)6-2)17-11-15-9-7-8-10-16(15)12-17;1-6-7(2)9(4)10(5)8(6)3;;;/h7-14H,5-6H2,1-4H3;1-5H3;2*1H;/q2*-1;;;+4/p-2. The van der Waals surface area contributed by atoms with Crippen LogP contribution in [0.15, 0.2) is 36.4 Å². The fourth-order valence-electron chi connectivity index (χ4n) is 4.03. The summed E-state index contributed by atoms with van der Waals surface area (Å²) >= 11 is -0.826. The molecule has 0 fully saturated rings. The molecule has 4 heteroatoms. The minimum absolute atomic E-state index is 0.0252. The van der Waals surface area contributed by atoms with Crippen LogP contribution < -0.4 is 5.30 Å². The average molecular weight is 557 g/mol. The monoisotopic (exact) mass is 554 g/mol. The molecule has 0 spiro atoms. The summed E-state index contributed by atoms with van der Waals surface area (Å²) in [6.07, 6.45) is 2.58. The van der Waals surface area contributed by atoms with Gasteiger partial charge in [-0.1, -0.05) is 76.3 Å². The van der Waals surface area contributed by atoms with Gasteiger partial charge in [0.25, 0.3) is 0 Å². The first kappa shape index (κ1) is 29.1. The zero-order valence-electron chi connectivity index (χ0n) is 20.7. The molecule has 170 valence electrons. The van der Waals surface area contributed by atoms with Gasteiger partial charge in [-0.15, -0.1) is 40.3 Å². The molecule has 3 aromatic rings. The van der Waals surface area contributed by atoms with Crippen molar-refractivity contribution in [1.29, 1.82) is 0 Å². The van der Waals surface area contributed by atoms with Crippen molar-refractivity contribution in [3.63, 3.8) is 0 Å². The first-order valence-corrected chi connectivity index (χ1v) is 19.0. The third-order valence-electron chi connectivity index (χ3n) is 6.84. The molecule has 2 unspecified atom stereocenters. The Bertz CT molecular complexity index is 802. The fourth-order valence-corrected chi connectivity index (χ4v) is 7.28. The first-order valence-electron chi connectivity index (χ1n) is 11.2. The Morgan fingerprint density at radius 1 is 0.935 bits per heavy atom. The molecular formula is C27H39Cl2PZr. The molecule has 0 heterocycles. The minimum atomic E-state index is -0.826. The van der Waals surface area contributed by atoms with Crippen molar-refractivity contribution in [2.45, 2.75) is 86.5 Å². The van der Waals surface area contributed by atoms with Crippen molar-refractivity contribution in [3.05, 3.63) is 64.2 Å². The van der Waals surface area contributed by atoms with Crippen molar-refractivity contribution >= 4 is 41.0 Å². The van der Waals surface area contributed by atoms with E-state index >= 15 is 0 Å². The van der Waals surface area contributed by atoms with Crippen LogP contribution in [0.4, 0.5) is 0 Å². The molecular weight excluding hydrogens is 517 g/mol. The number of hydrogen-bond donors (Lipinski definition) is 0. The number of halogens is 2. The van der Waals surface area contributed by atoms with Gasteiger partial charge in [-0.3, -0.25) is 0 Å². The third-order valence-corrected chi connectivity index (χ3v) is 10.3. The molecule has 0 saturated heterocycles. The van der Waals surface area contributed by atoms with E-state index in [9.17, 15) is 0 Å². The van der Waals surface area contributed by atoms with Crippen LogP contribution in [0.1, 0.15) is 68.4 Å². The molecule has 31 heavy (non-hydrogen) atoms. The Kier molecular flexibility index (Phi) is 13.5. The van der Waals surface area contributed by atoms with E-state index in [1.54, 1.807) is 5.30 Å². The predicted octanol–water partition coefficient (Wildman–Crippen LogP) is 9.59. The van der Waals surface area contributed by atoms with Gasteiger partial charge in [0.15, 0.2) is 0 Å². The van der Waals surface area contributed by atoms with Crippen molar-refractivity contribution in [1.82, 2.24) is 0 Å². The van der Waals surface area contributed by atoms with E-state index in [-0.39, 0.29) is 7.92 Å². The Balaban J connectivity index is 0.000000311. The van der Waals surface area contributed by atoms with Gasteiger partial charge in [-0.2, -0.15) is 33.9 Å². The van der Waals surface area contributed by atoms with Crippen LogP contribution in [-0.2, 0) is 20.8 Å². The first-order chi connectivity index (χ1) is 14.6. The van der Waals surface area contributed by atoms with Crippen molar-refractivity contribution in [3.8, 4) is 0 Å². The topological polar surface area (TPSA) is 0 Å². The normalized spacial score (nSPS) is 13.4. The Hall–Kier alpha value is 0.0731. The molecule has 0 saturated carbocycles. The molecule has 0 radical (unpaired) electrons. The maximum atomic E-state index is 4.93. The zero-order chi connectivity index (χ0) is 23.7. The molecule has 0 aliphatic heterocycles. The SMILES string of the molecule is CCC(C)P(c1cc2ccccc2[cH-]1)C(C)CC.Cc1c(C)c(C)[c-](C)c1C.[Cl][Zr+2][Cl]. The summed E-state index contributed by atoms with van der Waals surface area (Å²) in [6.45, 7) is 20.5. The van der Waals surface area contributed by atoms with Crippen molar-refractivity contribution < 1.29 is 20.8 Å². The average Bonchev–Trinajstić information content (AvgIpc) is 3.26. The van der Waals surface area contributed by atoms with Crippen LogP contribution in [0, 0.1) is 34.6 Å². The molecule has 0 aromatic heterocycles. The second kappa shape index (κ2) is 14.4. The number of fused-ring (bicyclic) bond motifs is 1. The van der Waals surface area contributed by atoms with Crippen LogP contribution in [0.5, 0.6) is 0 Å². The molecule has 0 amide bonds. The van der Waals surface area contributed by atoms with E-state index in [1.165, 1.54) is 51.4 Å². The fraction of sp³-hybridized carbons (Fsp3) is 0.481. The van der Waals surface area contributed by atoms with Crippen LogP contribution in [0.2, 0.25) is 0 Å². The van der Waals surface area contributed by atoms with Gasteiger partial charge in [0.05, 0.1) is 0 Å². The molecule has 3 rings (SSSR count). The molecule has 3 aromatic carbocycles. The second-order valence-corrected chi connectivity index (χ2v) is 15.3. The Morgan fingerprint density at radius 3 is 1.74 bits per heavy atom. The van der Waals surface area contributed by atoms with E-state index in [0.717, 1.165) is 11.3 Å². The Morgan fingerprint density at radius 2 is 1.39 bits per heavy atom. The summed E-state index contributed by atoms with van der Waals surface area (Å²) in [5, 5.41) is 4.42. The third kappa shape index (κ3) is 7.81. The summed E-state index contributed by atoms with van der Waals surface area (Å²) in [5.41, 5.74) is 8.99. The summed E-state index contributed by atoms with van der Waals surface area (Å²) in [4.78, 5) is 0. The van der Waals surface area contributed by atoms with E-state index in [4.69, 9.17) is 17.0 Å². The van der Waals surface area contributed by atoms with Gasteiger partial charge in [0, 0.05) is 0 Å². The summed E-state index contributed by atoms with van der Waals surface area (Å²) in [7, 11) is 9.84. The predicted molar refractivity (Wildman–Crippen MR) is 143 cm³/mol. The van der Waals surface area contributed by atoms with E-state index in [1.807, 2.05) is 0 Å². The summed E-state index contributed by atoms with van der Waals surface area (Å²) in [6, 6.07) is 13.6. The molecule has 0 aliphatic carbocycles.